The number of carboxylic acids is 1. The summed E-state index contributed by atoms with van der Waals surface area (Å²) in [6, 6.07) is 5.52. The Bertz CT molecular complexity index is 432. The fraction of sp³-hybridized carbons (Fsp3) is 0.462. The largest absolute Gasteiger partial charge is 0.573 e. The van der Waals surface area contributed by atoms with Crippen molar-refractivity contribution in [2.75, 3.05) is 6.61 Å². The zero-order valence-electron chi connectivity index (χ0n) is 10.7. The van der Waals surface area contributed by atoms with E-state index in [1.54, 1.807) is 6.07 Å². The molecule has 0 heterocycles. The Balaban J connectivity index is 2.38. The van der Waals surface area contributed by atoms with Crippen LogP contribution in [0.25, 0.3) is 0 Å². The van der Waals surface area contributed by atoms with Crippen molar-refractivity contribution in [2.45, 2.75) is 32.0 Å². The molecule has 1 aromatic rings. The van der Waals surface area contributed by atoms with Crippen molar-refractivity contribution in [3.05, 3.63) is 24.3 Å². The van der Waals surface area contributed by atoms with Gasteiger partial charge in [0.05, 0.1) is 6.61 Å². The van der Waals surface area contributed by atoms with E-state index < -0.39 is 12.3 Å². The summed E-state index contributed by atoms with van der Waals surface area (Å²) in [6.45, 7) is 0.206. The normalized spacial score (nSPS) is 11.2. The van der Waals surface area contributed by atoms with Gasteiger partial charge in [0.1, 0.15) is 0 Å². The average molecular weight is 292 g/mol. The lowest BCUT2D eigenvalue weighted by atomic mass is 10.2. The number of alkyl halides is 3. The lowest BCUT2D eigenvalue weighted by Crippen LogP contribution is -2.17. The molecule has 1 N–H and O–H groups in total. The molecule has 0 bridgehead atoms. The van der Waals surface area contributed by atoms with Gasteiger partial charge in [0, 0.05) is 6.42 Å². The van der Waals surface area contributed by atoms with Gasteiger partial charge in [-0.05, 0) is 31.4 Å². The van der Waals surface area contributed by atoms with Crippen LogP contribution < -0.4 is 9.47 Å². The predicted molar refractivity (Wildman–Crippen MR) is 64.7 cm³/mol. The molecule has 112 valence electrons. The summed E-state index contributed by atoms with van der Waals surface area (Å²) in [6.07, 6.45) is -2.98. The van der Waals surface area contributed by atoms with Crippen molar-refractivity contribution in [1.82, 2.24) is 0 Å². The molecule has 7 heteroatoms. The zero-order chi connectivity index (χ0) is 15.0. The van der Waals surface area contributed by atoms with Gasteiger partial charge in [0.2, 0.25) is 0 Å². The molecule has 0 fully saturated rings. The van der Waals surface area contributed by atoms with Gasteiger partial charge in [0.25, 0.3) is 0 Å². The molecule has 1 rings (SSSR count). The van der Waals surface area contributed by atoms with Crippen LogP contribution in [-0.4, -0.2) is 24.0 Å². The number of benzene rings is 1. The first kappa shape index (κ1) is 16.1. The van der Waals surface area contributed by atoms with Gasteiger partial charge in [0.15, 0.2) is 11.5 Å². The van der Waals surface area contributed by atoms with Crippen molar-refractivity contribution in [3.8, 4) is 11.5 Å². The van der Waals surface area contributed by atoms with E-state index in [1.165, 1.54) is 18.2 Å². The second-order valence-electron chi connectivity index (χ2n) is 4.05. The number of hydrogen-bond acceptors (Lipinski definition) is 3. The Kier molecular flexibility index (Phi) is 6.14. The molecule has 0 aliphatic rings. The molecule has 0 amide bonds. The minimum atomic E-state index is -4.76. The topological polar surface area (TPSA) is 55.8 Å². The Morgan fingerprint density at radius 1 is 1.10 bits per heavy atom. The van der Waals surface area contributed by atoms with Gasteiger partial charge >= 0.3 is 12.3 Å². The maximum Gasteiger partial charge on any atom is 0.573 e. The Hall–Kier alpha value is -1.92. The van der Waals surface area contributed by atoms with E-state index in [0.29, 0.717) is 19.3 Å². The Labute approximate surface area is 114 Å². The van der Waals surface area contributed by atoms with Crippen molar-refractivity contribution in [1.29, 1.82) is 0 Å². The van der Waals surface area contributed by atoms with Crippen LogP contribution in [0.1, 0.15) is 25.7 Å². The summed E-state index contributed by atoms with van der Waals surface area (Å²) in [5, 5.41) is 8.44. The monoisotopic (exact) mass is 292 g/mol. The number of carboxylic acid groups (broad SMARTS) is 1. The van der Waals surface area contributed by atoms with E-state index >= 15 is 0 Å². The Morgan fingerprint density at radius 3 is 2.35 bits per heavy atom. The highest BCUT2D eigenvalue weighted by atomic mass is 19.4. The summed E-state index contributed by atoms with van der Waals surface area (Å²) >= 11 is 0. The average Bonchev–Trinajstić information content (AvgIpc) is 2.33. The van der Waals surface area contributed by atoms with Gasteiger partial charge in [-0.3, -0.25) is 4.79 Å². The molecule has 0 saturated carbocycles. The standard InChI is InChI=1S/C13H15F3O4/c14-13(15,16)20-11-7-4-3-6-10(11)19-9-5-1-2-8-12(17)18/h3-4,6-7H,1-2,5,8-9H2,(H,17,18). The second kappa shape index (κ2) is 7.62. The van der Waals surface area contributed by atoms with Crippen LogP contribution in [0.5, 0.6) is 11.5 Å². The fourth-order valence-electron chi connectivity index (χ4n) is 1.52. The van der Waals surface area contributed by atoms with Crippen molar-refractivity contribution < 1.29 is 32.5 Å². The van der Waals surface area contributed by atoms with E-state index in [4.69, 9.17) is 9.84 Å². The minimum Gasteiger partial charge on any atom is -0.490 e. The van der Waals surface area contributed by atoms with Crippen LogP contribution in [0.2, 0.25) is 0 Å². The van der Waals surface area contributed by atoms with Gasteiger partial charge < -0.3 is 14.6 Å². The molecule has 20 heavy (non-hydrogen) atoms. The predicted octanol–water partition coefficient (Wildman–Crippen LogP) is 3.61. The number of rotatable bonds is 8. The molecule has 0 unspecified atom stereocenters. The summed E-state index contributed by atoms with van der Waals surface area (Å²) in [7, 11) is 0. The third kappa shape index (κ3) is 6.86. The molecule has 0 aliphatic carbocycles. The number of aliphatic carboxylic acids is 1. The second-order valence-corrected chi connectivity index (χ2v) is 4.05. The highest BCUT2D eigenvalue weighted by molar-refractivity contribution is 5.66. The quantitative estimate of drug-likeness (QED) is 0.744. The molecule has 0 aliphatic heterocycles. The van der Waals surface area contributed by atoms with Crippen LogP contribution in [0, 0.1) is 0 Å². The maximum absolute atomic E-state index is 12.2. The first-order valence-electron chi connectivity index (χ1n) is 6.08. The molecule has 4 nitrogen and oxygen atoms in total. The van der Waals surface area contributed by atoms with Gasteiger partial charge in [-0.15, -0.1) is 13.2 Å². The first-order valence-corrected chi connectivity index (χ1v) is 6.08. The molecule has 1 aromatic carbocycles. The highest BCUT2D eigenvalue weighted by Gasteiger charge is 2.32. The number of unbranched alkanes of at least 4 members (excludes halogenated alkanes) is 2. The maximum atomic E-state index is 12.2. The van der Waals surface area contributed by atoms with Gasteiger partial charge in [-0.2, -0.15) is 0 Å². The van der Waals surface area contributed by atoms with Crippen LogP contribution in [0.4, 0.5) is 13.2 Å². The van der Waals surface area contributed by atoms with Crippen molar-refractivity contribution in [2.24, 2.45) is 0 Å². The molecule has 0 saturated heterocycles. The van der Waals surface area contributed by atoms with Gasteiger partial charge in [-0.1, -0.05) is 12.1 Å². The van der Waals surface area contributed by atoms with Crippen LogP contribution in [0.3, 0.4) is 0 Å². The van der Waals surface area contributed by atoms with Crippen LogP contribution in [0.15, 0.2) is 24.3 Å². The number of halogens is 3. The van der Waals surface area contributed by atoms with E-state index in [-0.39, 0.29) is 24.5 Å². The fourth-order valence-corrected chi connectivity index (χ4v) is 1.52. The number of para-hydroxylation sites is 2. The number of carbonyl (C=O) groups is 1. The summed E-state index contributed by atoms with van der Waals surface area (Å²) in [5.41, 5.74) is 0. The molecule has 0 aromatic heterocycles. The van der Waals surface area contributed by atoms with E-state index in [2.05, 4.69) is 4.74 Å². The smallest absolute Gasteiger partial charge is 0.490 e. The SMILES string of the molecule is O=C(O)CCCCCOc1ccccc1OC(F)(F)F. The zero-order valence-corrected chi connectivity index (χ0v) is 10.7. The molecule has 0 atom stereocenters. The van der Waals surface area contributed by atoms with Crippen LogP contribution >= 0.6 is 0 Å². The van der Waals surface area contributed by atoms with Crippen LogP contribution in [-0.2, 0) is 4.79 Å². The highest BCUT2D eigenvalue weighted by Crippen LogP contribution is 2.31. The summed E-state index contributed by atoms with van der Waals surface area (Å²) in [4.78, 5) is 10.3. The molecular weight excluding hydrogens is 277 g/mol. The van der Waals surface area contributed by atoms with E-state index in [0.717, 1.165) is 0 Å². The summed E-state index contributed by atoms with van der Waals surface area (Å²) < 4.78 is 45.5. The third-order valence-electron chi connectivity index (χ3n) is 2.37. The van der Waals surface area contributed by atoms with Crippen molar-refractivity contribution >= 4 is 5.97 Å². The van der Waals surface area contributed by atoms with Crippen molar-refractivity contribution in [3.63, 3.8) is 0 Å². The Morgan fingerprint density at radius 2 is 1.75 bits per heavy atom. The third-order valence-corrected chi connectivity index (χ3v) is 2.37. The molecule has 0 radical (unpaired) electrons. The number of hydrogen-bond donors (Lipinski definition) is 1. The summed E-state index contributed by atoms with van der Waals surface area (Å²) in [5.74, 6) is -1.23. The molecule has 0 spiro atoms. The molecular formula is C13H15F3O4. The van der Waals surface area contributed by atoms with E-state index in [9.17, 15) is 18.0 Å². The minimum absolute atomic E-state index is 0.0167. The van der Waals surface area contributed by atoms with Gasteiger partial charge in [-0.25, -0.2) is 0 Å². The number of ether oxygens (including phenoxy) is 2. The van der Waals surface area contributed by atoms with E-state index in [1.807, 2.05) is 0 Å². The lowest BCUT2D eigenvalue weighted by molar-refractivity contribution is -0.275. The first-order chi connectivity index (χ1) is 9.38. The lowest BCUT2D eigenvalue weighted by Gasteiger charge is -2.13.